The topological polar surface area (TPSA) is 129 Å². The second-order valence-electron chi connectivity index (χ2n) is 5.86. The molecule has 0 fully saturated rings. The normalized spacial score (nSPS) is 14.0. The van der Waals surface area contributed by atoms with E-state index in [-0.39, 0.29) is 11.4 Å². The molecule has 0 atom stereocenters. The van der Waals surface area contributed by atoms with Crippen LogP contribution >= 0.6 is 0 Å². The van der Waals surface area contributed by atoms with E-state index < -0.39 is 29.3 Å². The van der Waals surface area contributed by atoms with E-state index in [1.54, 1.807) is 41.5 Å². The highest BCUT2D eigenvalue weighted by molar-refractivity contribution is 6.04. The molecular formula is C13H24N4O4. The number of carbonyl (C=O) groups is 2. The van der Waals surface area contributed by atoms with Gasteiger partial charge in [0.15, 0.2) is 0 Å². The van der Waals surface area contributed by atoms with Crippen LogP contribution in [0.3, 0.4) is 0 Å². The molecule has 2 amide bonds. The van der Waals surface area contributed by atoms with Crippen molar-refractivity contribution in [3.05, 3.63) is 0 Å². The molecule has 0 aromatic carbocycles. The maximum atomic E-state index is 12.4. The van der Waals surface area contributed by atoms with Crippen LogP contribution < -0.4 is 5.73 Å². The van der Waals surface area contributed by atoms with Gasteiger partial charge in [-0.1, -0.05) is 10.3 Å². The minimum absolute atomic E-state index is 0.263. The number of primary amides is 1. The minimum Gasteiger partial charge on any atom is -0.411 e. The molecule has 0 unspecified atom stereocenters. The molecule has 0 aromatic heterocycles. The zero-order valence-electron chi connectivity index (χ0n) is 13.3. The monoisotopic (exact) mass is 300 g/mol. The van der Waals surface area contributed by atoms with E-state index in [2.05, 4.69) is 10.3 Å². The highest BCUT2D eigenvalue weighted by atomic mass is 16.4. The molecule has 0 bridgehead atoms. The maximum Gasteiger partial charge on any atom is 0.233 e. The fraction of sp³-hybridized carbons (Fsp3) is 0.692. The lowest BCUT2D eigenvalue weighted by atomic mass is 9.86. The molecule has 0 radical (unpaired) electrons. The number of oxime groups is 2. The van der Waals surface area contributed by atoms with Gasteiger partial charge in [-0.25, -0.2) is 0 Å². The summed E-state index contributed by atoms with van der Waals surface area (Å²) in [4.78, 5) is 24.8. The van der Waals surface area contributed by atoms with Gasteiger partial charge in [0.05, 0.1) is 22.5 Å². The summed E-state index contributed by atoms with van der Waals surface area (Å²) < 4.78 is 0. The summed E-state index contributed by atoms with van der Waals surface area (Å²) in [5.41, 5.74) is 3.58. The van der Waals surface area contributed by atoms with Crippen LogP contribution in [-0.2, 0) is 9.59 Å². The number of rotatable bonds is 6. The second kappa shape index (κ2) is 6.55. The molecule has 0 saturated carbocycles. The van der Waals surface area contributed by atoms with Crippen LogP contribution in [0.4, 0.5) is 0 Å². The summed E-state index contributed by atoms with van der Waals surface area (Å²) in [6.07, 6.45) is -0.496. The number of carbonyl (C=O) groups excluding carboxylic acids is 2. The number of hydrogen-bond acceptors (Lipinski definition) is 6. The Morgan fingerprint density at radius 2 is 1.33 bits per heavy atom. The highest BCUT2D eigenvalue weighted by Gasteiger charge is 2.45. The predicted molar refractivity (Wildman–Crippen MR) is 78.6 cm³/mol. The van der Waals surface area contributed by atoms with E-state index in [9.17, 15) is 9.59 Å². The van der Waals surface area contributed by atoms with Gasteiger partial charge in [-0.05, 0) is 41.5 Å². The van der Waals surface area contributed by atoms with Crippen molar-refractivity contribution in [1.82, 2.24) is 4.90 Å². The van der Waals surface area contributed by atoms with Crippen molar-refractivity contribution in [3.8, 4) is 0 Å². The van der Waals surface area contributed by atoms with Crippen molar-refractivity contribution >= 4 is 23.2 Å². The Kier molecular flexibility index (Phi) is 5.89. The van der Waals surface area contributed by atoms with Crippen LogP contribution in [0.15, 0.2) is 10.3 Å². The number of nitrogens with two attached hydrogens (primary N) is 1. The summed E-state index contributed by atoms with van der Waals surface area (Å²) in [6.45, 7) is 9.74. The Morgan fingerprint density at radius 1 is 1.00 bits per heavy atom. The average molecular weight is 300 g/mol. The lowest BCUT2D eigenvalue weighted by Crippen LogP contribution is -2.64. The van der Waals surface area contributed by atoms with E-state index in [1.807, 2.05) is 0 Å². The first-order chi connectivity index (χ1) is 9.42. The summed E-state index contributed by atoms with van der Waals surface area (Å²) >= 11 is 0. The van der Waals surface area contributed by atoms with E-state index in [0.29, 0.717) is 0 Å². The van der Waals surface area contributed by atoms with Gasteiger partial charge in [0.25, 0.3) is 0 Å². The molecule has 8 heteroatoms. The number of hydrogen-bond donors (Lipinski definition) is 3. The van der Waals surface area contributed by atoms with Gasteiger partial charge < -0.3 is 21.0 Å². The van der Waals surface area contributed by atoms with Crippen LogP contribution in [-0.4, -0.2) is 49.6 Å². The molecule has 8 nitrogen and oxygen atoms in total. The second-order valence-corrected chi connectivity index (χ2v) is 5.86. The first kappa shape index (κ1) is 18.9. The molecule has 21 heavy (non-hydrogen) atoms. The Labute approximate surface area is 124 Å². The van der Waals surface area contributed by atoms with Crippen LogP contribution in [0.25, 0.3) is 0 Å². The third-order valence-electron chi connectivity index (χ3n) is 3.76. The Bertz CT molecular complexity index is 451. The molecular weight excluding hydrogens is 276 g/mol. The van der Waals surface area contributed by atoms with Crippen molar-refractivity contribution in [2.24, 2.45) is 16.0 Å². The fourth-order valence-electron chi connectivity index (χ4n) is 2.12. The van der Waals surface area contributed by atoms with Gasteiger partial charge in [-0.3, -0.25) is 9.59 Å². The molecule has 0 saturated heterocycles. The largest absolute Gasteiger partial charge is 0.411 e. The first-order valence-electron chi connectivity index (χ1n) is 6.42. The van der Waals surface area contributed by atoms with E-state index in [1.165, 1.54) is 4.90 Å². The lowest BCUT2D eigenvalue weighted by molar-refractivity contribution is -0.141. The van der Waals surface area contributed by atoms with Crippen molar-refractivity contribution in [3.63, 3.8) is 0 Å². The highest BCUT2D eigenvalue weighted by Crippen LogP contribution is 2.29. The third kappa shape index (κ3) is 3.93. The lowest BCUT2D eigenvalue weighted by Gasteiger charge is -2.48. The van der Waals surface area contributed by atoms with Crippen molar-refractivity contribution in [1.29, 1.82) is 0 Å². The standard InChI is InChI=1S/C13H24N4O4/c1-8(15-20)12(3,4)17(11(19)7-10(14)18)13(5,6)9(2)16-21/h20-21H,7H2,1-6H3,(H2,14,18). The van der Waals surface area contributed by atoms with Gasteiger partial charge >= 0.3 is 0 Å². The molecule has 120 valence electrons. The van der Waals surface area contributed by atoms with E-state index >= 15 is 0 Å². The summed E-state index contributed by atoms with van der Waals surface area (Å²) in [7, 11) is 0. The smallest absolute Gasteiger partial charge is 0.233 e. The summed E-state index contributed by atoms with van der Waals surface area (Å²) in [5.74, 6) is -1.32. The zero-order chi connectivity index (χ0) is 17.0. The Balaban J connectivity index is 6.04. The predicted octanol–water partition coefficient (Wildman–Crippen LogP) is 0.948. The molecule has 0 heterocycles. The number of amides is 2. The van der Waals surface area contributed by atoms with Crippen LogP contribution in [0.5, 0.6) is 0 Å². The van der Waals surface area contributed by atoms with Crippen LogP contribution in [0, 0.1) is 0 Å². The summed E-state index contributed by atoms with van der Waals surface area (Å²) in [5, 5.41) is 24.3. The van der Waals surface area contributed by atoms with Gasteiger partial charge in [-0.2, -0.15) is 0 Å². The van der Waals surface area contributed by atoms with Gasteiger partial charge in [-0.15, -0.1) is 0 Å². The molecule has 0 aromatic rings. The Morgan fingerprint density at radius 3 is 1.57 bits per heavy atom. The van der Waals surface area contributed by atoms with Gasteiger partial charge in [0, 0.05) is 0 Å². The quantitative estimate of drug-likeness (QED) is 0.292. The minimum atomic E-state index is -1.02. The summed E-state index contributed by atoms with van der Waals surface area (Å²) in [6, 6.07) is 0. The van der Waals surface area contributed by atoms with Crippen molar-refractivity contribution in [2.75, 3.05) is 0 Å². The number of nitrogens with zero attached hydrogens (tertiary/aromatic N) is 3. The molecule has 0 aliphatic carbocycles. The van der Waals surface area contributed by atoms with Crippen molar-refractivity contribution in [2.45, 2.75) is 59.0 Å². The zero-order valence-corrected chi connectivity index (χ0v) is 13.3. The third-order valence-corrected chi connectivity index (χ3v) is 3.76. The molecule has 4 N–H and O–H groups in total. The van der Waals surface area contributed by atoms with Crippen molar-refractivity contribution < 1.29 is 20.0 Å². The maximum absolute atomic E-state index is 12.4. The molecule has 0 spiro atoms. The van der Waals surface area contributed by atoms with Crippen LogP contribution in [0.1, 0.15) is 48.0 Å². The van der Waals surface area contributed by atoms with E-state index in [4.69, 9.17) is 16.1 Å². The SMILES string of the molecule is CC(=NO)C(C)(C)N(C(=O)CC(N)=O)C(C)(C)C(C)=NO. The molecule has 0 aliphatic rings. The molecule has 0 rings (SSSR count). The van der Waals surface area contributed by atoms with E-state index in [0.717, 1.165) is 0 Å². The van der Waals surface area contributed by atoms with Crippen LogP contribution in [0.2, 0.25) is 0 Å². The fourth-order valence-corrected chi connectivity index (χ4v) is 2.12. The van der Waals surface area contributed by atoms with Gasteiger partial charge in [0.2, 0.25) is 11.8 Å². The first-order valence-corrected chi connectivity index (χ1v) is 6.42. The Hall–Kier alpha value is -2.12. The van der Waals surface area contributed by atoms with Gasteiger partial charge in [0.1, 0.15) is 6.42 Å². The average Bonchev–Trinajstić information content (AvgIpc) is 2.34. The molecule has 0 aliphatic heterocycles.